The summed E-state index contributed by atoms with van der Waals surface area (Å²) in [6.45, 7) is 6.79. The van der Waals surface area contributed by atoms with Gasteiger partial charge in [0.1, 0.15) is 0 Å². The number of nitrogens with one attached hydrogen (secondary N) is 1. The second-order valence-electron chi connectivity index (χ2n) is 4.84. The average Bonchev–Trinajstić information content (AvgIpc) is 2.86. The maximum atomic E-state index is 6.10. The highest BCUT2D eigenvalue weighted by Crippen LogP contribution is 2.24. The molecule has 3 aromatic heterocycles. The van der Waals surface area contributed by atoms with E-state index in [2.05, 4.69) is 32.8 Å². The quantitative estimate of drug-likeness (QED) is 0.744. The molecule has 0 atom stereocenters. The predicted octanol–water partition coefficient (Wildman–Crippen LogP) is 3.98. The number of hydrogen-bond donors (Lipinski definition) is 1. The lowest BCUT2D eigenvalue weighted by Gasteiger charge is -2.08. The smallest absolute Gasteiger partial charge is 0.194 e. The predicted molar refractivity (Wildman–Crippen MR) is 83.9 cm³/mol. The third-order valence-corrected chi connectivity index (χ3v) is 4.36. The van der Waals surface area contributed by atoms with Crippen LogP contribution in [0, 0.1) is 20.8 Å². The zero-order valence-electron chi connectivity index (χ0n) is 11.6. The molecule has 0 aliphatic heterocycles. The van der Waals surface area contributed by atoms with Crippen LogP contribution in [0.25, 0.3) is 4.96 Å². The van der Waals surface area contributed by atoms with Gasteiger partial charge in [0, 0.05) is 17.3 Å². The molecule has 0 spiro atoms. The molecular weight excluding hydrogens is 292 g/mol. The number of fused-ring (bicyclic) bond motifs is 1. The van der Waals surface area contributed by atoms with Crippen molar-refractivity contribution in [2.45, 2.75) is 27.3 Å². The molecule has 104 valence electrons. The maximum absolute atomic E-state index is 6.10. The molecule has 3 aromatic rings. The fourth-order valence-electron chi connectivity index (χ4n) is 2.18. The van der Waals surface area contributed by atoms with Crippen LogP contribution in [0.4, 0.5) is 5.69 Å². The van der Waals surface area contributed by atoms with Crippen LogP contribution in [0.2, 0.25) is 5.15 Å². The zero-order chi connectivity index (χ0) is 14.3. The molecule has 0 unspecified atom stereocenters. The molecule has 0 aromatic carbocycles. The second kappa shape index (κ2) is 5.07. The number of pyridine rings is 1. The van der Waals surface area contributed by atoms with E-state index in [1.165, 1.54) is 4.88 Å². The van der Waals surface area contributed by atoms with Crippen molar-refractivity contribution in [3.05, 3.63) is 45.4 Å². The summed E-state index contributed by atoms with van der Waals surface area (Å²) in [5, 5.41) is 3.84. The van der Waals surface area contributed by atoms with Gasteiger partial charge in [0.2, 0.25) is 0 Å². The van der Waals surface area contributed by atoms with Crippen LogP contribution in [0.5, 0.6) is 0 Å². The first kappa shape index (κ1) is 13.4. The first-order valence-corrected chi connectivity index (χ1v) is 7.54. The number of hydrogen-bond acceptors (Lipinski definition) is 4. The van der Waals surface area contributed by atoms with E-state index >= 15 is 0 Å². The number of aryl methyl sites for hydroxylation is 3. The highest BCUT2D eigenvalue weighted by molar-refractivity contribution is 7.17. The SMILES string of the molecule is Cc1cnc(Cl)c(NCc2c(C)nc3sc(C)cn23)c1. The molecule has 0 aliphatic rings. The normalized spacial score (nSPS) is 11.2. The van der Waals surface area contributed by atoms with Gasteiger partial charge in [-0.1, -0.05) is 11.6 Å². The highest BCUT2D eigenvalue weighted by Gasteiger charge is 2.11. The molecule has 0 saturated heterocycles. The fourth-order valence-corrected chi connectivity index (χ4v) is 3.24. The van der Waals surface area contributed by atoms with Crippen molar-refractivity contribution in [2.24, 2.45) is 0 Å². The van der Waals surface area contributed by atoms with Gasteiger partial charge in [0.15, 0.2) is 10.1 Å². The second-order valence-corrected chi connectivity index (χ2v) is 6.41. The van der Waals surface area contributed by atoms with E-state index < -0.39 is 0 Å². The van der Waals surface area contributed by atoms with Crippen molar-refractivity contribution < 1.29 is 0 Å². The summed E-state index contributed by atoms with van der Waals surface area (Å²) >= 11 is 7.80. The Kier molecular flexibility index (Phi) is 3.40. The largest absolute Gasteiger partial charge is 0.377 e. The van der Waals surface area contributed by atoms with Crippen LogP contribution in [0.1, 0.15) is 21.8 Å². The average molecular weight is 307 g/mol. The highest BCUT2D eigenvalue weighted by atomic mass is 35.5. The number of thiazole rings is 1. The lowest BCUT2D eigenvalue weighted by atomic mass is 10.3. The van der Waals surface area contributed by atoms with Gasteiger partial charge in [0.05, 0.1) is 23.6 Å². The molecule has 20 heavy (non-hydrogen) atoms. The van der Waals surface area contributed by atoms with Gasteiger partial charge < -0.3 is 5.32 Å². The summed E-state index contributed by atoms with van der Waals surface area (Å²) in [5.41, 5.74) is 4.13. The molecule has 0 radical (unpaired) electrons. The van der Waals surface area contributed by atoms with Crippen LogP contribution in [0.3, 0.4) is 0 Å². The van der Waals surface area contributed by atoms with Crippen molar-refractivity contribution in [3.8, 4) is 0 Å². The Morgan fingerprint density at radius 3 is 2.95 bits per heavy atom. The van der Waals surface area contributed by atoms with Gasteiger partial charge in [-0.25, -0.2) is 9.97 Å². The number of rotatable bonds is 3. The van der Waals surface area contributed by atoms with Gasteiger partial charge in [-0.2, -0.15) is 0 Å². The lowest BCUT2D eigenvalue weighted by molar-refractivity contribution is 0.988. The lowest BCUT2D eigenvalue weighted by Crippen LogP contribution is -2.04. The first-order chi connectivity index (χ1) is 9.54. The molecule has 1 N–H and O–H groups in total. The number of anilines is 1. The third-order valence-electron chi connectivity index (χ3n) is 3.16. The third kappa shape index (κ3) is 2.39. The number of aromatic nitrogens is 3. The Labute approximate surface area is 126 Å². The van der Waals surface area contributed by atoms with Crippen molar-refractivity contribution >= 4 is 33.6 Å². The molecule has 0 fully saturated rings. The first-order valence-electron chi connectivity index (χ1n) is 6.34. The number of imidazole rings is 1. The Morgan fingerprint density at radius 2 is 2.15 bits per heavy atom. The molecule has 0 amide bonds. The van der Waals surface area contributed by atoms with E-state index in [1.54, 1.807) is 17.5 Å². The van der Waals surface area contributed by atoms with Gasteiger partial charge >= 0.3 is 0 Å². The number of nitrogens with zero attached hydrogens (tertiary/aromatic N) is 3. The van der Waals surface area contributed by atoms with Crippen LogP contribution < -0.4 is 5.32 Å². The number of halogens is 1. The van der Waals surface area contributed by atoms with Crippen molar-refractivity contribution in [1.29, 1.82) is 0 Å². The topological polar surface area (TPSA) is 42.2 Å². The monoisotopic (exact) mass is 306 g/mol. The summed E-state index contributed by atoms with van der Waals surface area (Å²) in [4.78, 5) is 11.0. The summed E-state index contributed by atoms with van der Waals surface area (Å²) in [7, 11) is 0. The van der Waals surface area contributed by atoms with E-state index in [-0.39, 0.29) is 0 Å². The summed E-state index contributed by atoms with van der Waals surface area (Å²) in [6, 6.07) is 2.00. The minimum absolute atomic E-state index is 0.496. The van der Waals surface area contributed by atoms with Crippen LogP contribution >= 0.6 is 22.9 Å². The maximum Gasteiger partial charge on any atom is 0.194 e. The summed E-state index contributed by atoms with van der Waals surface area (Å²) in [5.74, 6) is 0. The molecule has 0 saturated carbocycles. The van der Waals surface area contributed by atoms with E-state index in [1.807, 2.05) is 19.9 Å². The van der Waals surface area contributed by atoms with Crippen LogP contribution in [-0.2, 0) is 6.54 Å². The minimum Gasteiger partial charge on any atom is -0.377 e. The molecule has 3 heterocycles. The fraction of sp³-hybridized carbons (Fsp3) is 0.286. The Bertz CT molecular complexity index is 775. The zero-order valence-corrected chi connectivity index (χ0v) is 13.1. The van der Waals surface area contributed by atoms with Crippen LogP contribution in [-0.4, -0.2) is 14.4 Å². The van der Waals surface area contributed by atoms with Gasteiger partial charge in [-0.3, -0.25) is 4.40 Å². The summed E-state index contributed by atoms with van der Waals surface area (Å²) < 4.78 is 2.14. The van der Waals surface area contributed by atoms with Crippen molar-refractivity contribution in [3.63, 3.8) is 0 Å². The van der Waals surface area contributed by atoms with Crippen molar-refractivity contribution in [1.82, 2.24) is 14.4 Å². The van der Waals surface area contributed by atoms with E-state index in [4.69, 9.17) is 11.6 Å². The van der Waals surface area contributed by atoms with Crippen LogP contribution in [0.15, 0.2) is 18.5 Å². The Hall–Kier alpha value is -1.59. The van der Waals surface area contributed by atoms with Crippen molar-refractivity contribution in [2.75, 3.05) is 5.32 Å². The minimum atomic E-state index is 0.496. The molecule has 6 heteroatoms. The molecule has 0 aliphatic carbocycles. The standard InChI is InChI=1S/C14H15ClN4S/c1-8-4-11(13(15)17-5-8)16-6-12-10(3)18-14-19(12)7-9(2)20-14/h4-5,7,16H,6H2,1-3H3. The van der Waals surface area contributed by atoms with E-state index in [0.29, 0.717) is 11.7 Å². The summed E-state index contributed by atoms with van der Waals surface area (Å²) in [6.07, 6.45) is 3.88. The Balaban J connectivity index is 1.89. The van der Waals surface area contributed by atoms with Gasteiger partial charge in [-0.15, -0.1) is 11.3 Å². The van der Waals surface area contributed by atoms with Gasteiger partial charge in [0.25, 0.3) is 0 Å². The van der Waals surface area contributed by atoms with E-state index in [0.717, 1.165) is 27.6 Å². The molecule has 4 nitrogen and oxygen atoms in total. The molecular formula is C14H15ClN4S. The van der Waals surface area contributed by atoms with Gasteiger partial charge in [-0.05, 0) is 32.4 Å². The molecule has 0 bridgehead atoms. The van der Waals surface area contributed by atoms with E-state index in [9.17, 15) is 0 Å². The molecule has 3 rings (SSSR count). The Morgan fingerprint density at radius 1 is 1.35 bits per heavy atom.